The number of rotatable bonds is 5. The number of carbonyl (C=O) groups excluding carboxylic acids is 1. The van der Waals surface area contributed by atoms with Crippen molar-refractivity contribution in [3.8, 4) is 0 Å². The average Bonchev–Trinajstić information content (AvgIpc) is 3.08. The van der Waals surface area contributed by atoms with Crippen LogP contribution in [-0.2, 0) is 9.47 Å². The Balaban J connectivity index is 1.46. The lowest BCUT2D eigenvalue weighted by Crippen LogP contribution is -2.48. The third kappa shape index (κ3) is 3.74. The number of carbonyl (C=O) groups is 1. The van der Waals surface area contributed by atoms with Crippen molar-refractivity contribution in [3.05, 3.63) is 0 Å². The lowest BCUT2D eigenvalue weighted by atomic mass is 9.90. The summed E-state index contributed by atoms with van der Waals surface area (Å²) in [5.41, 5.74) is -0.212. The number of likely N-dealkylation sites (tertiary alicyclic amines) is 1. The lowest BCUT2D eigenvalue weighted by molar-refractivity contribution is -0.00292. The van der Waals surface area contributed by atoms with Crippen LogP contribution in [-0.4, -0.2) is 67.4 Å². The molecule has 0 aliphatic carbocycles. The molecule has 0 unspecified atom stereocenters. The molecule has 0 bridgehead atoms. The lowest BCUT2D eigenvalue weighted by Gasteiger charge is -2.38. The van der Waals surface area contributed by atoms with E-state index in [1.54, 1.807) is 0 Å². The Bertz CT molecular complexity index is 385. The highest BCUT2D eigenvalue weighted by molar-refractivity contribution is 5.70. The monoisotopic (exact) mass is 310 g/mol. The molecule has 0 saturated carbocycles. The summed E-state index contributed by atoms with van der Waals surface area (Å²) in [7, 11) is 0. The molecule has 0 N–H and O–H groups in total. The first kappa shape index (κ1) is 16.1. The topological polar surface area (TPSA) is 42.0 Å². The van der Waals surface area contributed by atoms with Gasteiger partial charge in [0.05, 0.1) is 13.2 Å². The van der Waals surface area contributed by atoms with Gasteiger partial charge in [0.2, 0.25) is 0 Å². The third-order valence-electron chi connectivity index (χ3n) is 5.33. The summed E-state index contributed by atoms with van der Waals surface area (Å²) in [4.78, 5) is 16.5. The fraction of sp³-hybridized carbons (Fsp3) is 0.941. The normalized spacial score (nSPS) is 28.8. The number of nitrogens with zero attached hydrogens (tertiary/aromatic N) is 2. The van der Waals surface area contributed by atoms with Crippen LogP contribution in [0.5, 0.6) is 0 Å². The maximum absolute atomic E-state index is 12.1. The Morgan fingerprint density at radius 1 is 1.32 bits per heavy atom. The van der Waals surface area contributed by atoms with Crippen LogP contribution in [0.4, 0.5) is 4.79 Å². The van der Waals surface area contributed by atoms with Crippen molar-refractivity contribution in [2.75, 3.05) is 45.9 Å². The molecule has 0 aromatic heterocycles. The Morgan fingerprint density at radius 2 is 2.09 bits per heavy atom. The van der Waals surface area contributed by atoms with Gasteiger partial charge in [-0.2, -0.15) is 0 Å². The van der Waals surface area contributed by atoms with Gasteiger partial charge in [-0.15, -0.1) is 0 Å². The van der Waals surface area contributed by atoms with E-state index in [2.05, 4.69) is 18.7 Å². The van der Waals surface area contributed by atoms with E-state index in [1.165, 1.54) is 6.42 Å². The number of hydrogen-bond acceptors (Lipinski definition) is 4. The van der Waals surface area contributed by atoms with Gasteiger partial charge < -0.3 is 19.3 Å². The van der Waals surface area contributed by atoms with Crippen LogP contribution in [0.15, 0.2) is 0 Å². The average molecular weight is 310 g/mol. The van der Waals surface area contributed by atoms with Crippen LogP contribution in [0.2, 0.25) is 0 Å². The molecule has 1 atom stereocenters. The Hall–Kier alpha value is -0.810. The molecule has 1 amide bonds. The quantitative estimate of drug-likeness (QED) is 0.782. The van der Waals surface area contributed by atoms with Crippen LogP contribution < -0.4 is 0 Å². The first-order valence-corrected chi connectivity index (χ1v) is 8.84. The van der Waals surface area contributed by atoms with E-state index in [0.717, 1.165) is 65.2 Å². The SMILES string of the molecule is CC(C)CCN1CC2(CCN(C[C@H]3CCOC3)CC2)OC1=O. The Morgan fingerprint density at radius 3 is 2.73 bits per heavy atom. The van der Waals surface area contributed by atoms with Gasteiger partial charge in [0.15, 0.2) is 0 Å². The zero-order valence-corrected chi connectivity index (χ0v) is 14.1. The fourth-order valence-electron chi connectivity index (χ4n) is 3.77. The molecular formula is C17H30N2O3. The summed E-state index contributed by atoms with van der Waals surface area (Å²) in [6.07, 6.45) is 4.10. The van der Waals surface area contributed by atoms with Gasteiger partial charge in [0.25, 0.3) is 0 Å². The third-order valence-corrected chi connectivity index (χ3v) is 5.33. The summed E-state index contributed by atoms with van der Waals surface area (Å²) < 4.78 is 11.3. The predicted octanol–water partition coefficient (Wildman–Crippen LogP) is 2.36. The second kappa shape index (κ2) is 6.75. The van der Waals surface area contributed by atoms with Crippen LogP contribution >= 0.6 is 0 Å². The molecule has 5 nitrogen and oxygen atoms in total. The van der Waals surface area contributed by atoms with Crippen molar-refractivity contribution >= 4 is 6.09 Å². The molecule has 126 valence electrons. The molecule has 0 radical (unpaired) electrons. The van der Waals surface area contributed by atoms with E-state index in [-0.39, 0.29) is 11.7 Å². The van der Waals surface area contributed by atoms with E-state index in [0.29, 0.717) is 11.8 Å². The van der Waals surface area contributed by atoms with Crippen molar-refractivity contribution in [1.29, 1.82) is 0 Å². The van der Waals surface area contributed by atoms with E-state index in [4.69, 9.17) is 9.47 Å². The summed E-state index contributed by atoms with van der Waals surface area (Å²) in [5, 5.41) is 0. The van der Waals surface area contributed by atoms with E-state index < -0.39 is 0 Å². The van der Waals surface area contributed by atoms with Gasteiger partial charge >= 0.3 is 6.09 Å². The zero-order valence-electron chi connectivity index (χ0n) is 14.1. The highest BCUT2D eigenvalue weighted by atomic mass is 16.6. The molecule has 3 fully saturated rings. The summed E-state index contributed by atoms with van der Waals surface area (Å²) in [5.74, 6) is 1.32. The minimum absolute atomic E-state index is 0.0988. The highest BCUT2D eigenvalue weighted by Gasteiger charge is 2.46. The molecule has 3 rings (SSSR count). The second-order valence-corrected chi connectivity index (χ2v) is 7.69. The largest absolute Gasteiger partial charge is 0.441 e. The smallest absolute Gasteiger partial charge is 0.410 e. The van der Waals surface area contributed by atoms with Crippen molar-refractivity contribution < 1.29 is 14.3 Å². The van der Waals surface area contributed by atoms with Crippen LogP contribution in [0.3, 0.4) is 0 Å². The molecule has 3 heterocycles. The van der Waals surface area contributed by atoms with Gasteiger partial charge in [-0.3, -0.25) is 0 Å². The Labute approximate surface area is 133 Å². The first-order valence-electron chi connectivity index (χ1n) is 8.84. The maximum atomic E-state index is 12.1. The van der Waals surface area contributed by atoms with Crippen LogP contribution in [0.1, 0.15) is 39.5 Å². The van der Waals surface area contributed by atoms with Crippen molar-refractivity contribution in [2.45, 2.75) is 45.1 Å². The first-order chi connectivity index (χ1) is 10.6. The van der Waals surface area contributed by atoms with E-state index in [1.807, 2.05) is 4.90 Å². The minimum atomic E-state index is -0.212. The molecule has 3 aliphatic heterocycles. The number of ether oxygens (including phenoxy) is 2. The number of amides is 1. The van der Waals surface area contributed by atoms with Gasteiger partial charge in [-0.1, -0.05) is 13.8 Å². The van der Waals surface area contributed by atoms with Crippen molar-refractivity contribution in [3.63, 3.8) is 0 Å². The molecule has 1 spiro atoms. The predicted molar refractivity (Wildman–Crippen MR) is 84.8 cm³/mol. The van der Waals surface area contributed by atoms with Gasteiger partial charge in [0.1, 0.15) is 5.60 Å². The Kier molecular flexibility index (Phi) is 4.93. The molecular weight excluding hydrogens is 280 g/mol. The van der Waals surface area contributed by atoms with E-state index in [9.17, 15) is 4.79 Å². The molecule has 0 aromatic carbocycles. The molecule has 5 heteroatoms. The van der Waals surface area contributed by atoms with Crippen LogP contribution in [0.25, 0.3) is 0 Å². The molecule has 3 aliphatic rings. The zero-order chi connectivity index (χ0) is 15.6. The minimum Gasteiger partial charge on any atom is -0.441 e. The fourth-order valence-corrected chi connectivity index (χ4v) is 3.77. The van der Waals surface area contributed by atoms with Crippen molar-refractivity contribution in [2.24, 2.45) is 11.8 Å². The standard InChI is InChI=1S/C17H30N2O3/c1-14(2)3-7-19-13-17(22-16(19)20)5-8-18(9-6-17)11-15-4-10-21-12-15/h14-15H,3-13H2,1-2H3/t15-/m1/s1. The van der Waals surface area contributed by atoms with Crippen molar-refractivity contribution in [1.82, 2.24) is 9.80 Å². The molecule has 22 heavy (non-hydrogen) atoms. The molecule has 3 saturated heterocycles. The molecule has 0 aromatic rings. The second-order valence-electron chi connectivity index (χ2n) is 7.69. The maximum Gasteiger partial charge on any atom is 0.410 e. The van der Waals surface area contributed by atoms with Gasteiger partial charge in [-0.05, 0) is 24.7 Å². The number of hydrogen-bond donors (Lipinski definition) is 0. The number of piperidine rings is 1. The summed E-state index contributed by atoms with van der Waals surface area (Å²) in [6.45, 7) is 11.1. The van der Waals surface area contributed by atoms with Gasteiger partial charge in [-0.25, -0.2) is 4.79 Å². The van der Waals surface area contributed by atoms with Crippen LogP contribution in [0, 0.1) is 11.8 Å². The summed E-state index contributed by atoms with van der Waals surface area (Å²) in [6, 6.07) is 0. The van der Waals surface area contributed by atoms with E-state index >= 15 is 0 Å². The van der Waals surface area contributed by atoms with Gasteiger partial charge in [0, 0.05) is 45.6 Å². The summed E-state index contributed by atoms with van der Waals surface area (Å²) >= 11 is 0. The highest BCUT2D eigenvalue weighted by Crippen LogP contribution is 2.34.